The lowest BCUT2D eigenvalue weighted by Gasteiger charge is -2.21. The van der Waals surface area contributed by atoms with Crippen LogP contribution in [0.25, 0.3) is 0 Å². The average Bonchev–Trinajstić information content (AvgIpc) is 2.02. The van der Waals surface area contributed by atoms with Crippen molar-refractivity contribution in [3.63, 3.8) is 0 Å². The monoisotopic (exact) mass is 197 g/mol. The molecule has 0 bridgehead atoms. The number of hydrogen-bond donors (Lipinski definition) is 0. The van der Waals surface area contributed by atoms with Crippen molar-refractivity contribution in [1.29, 1.82) is 0 Å². The van der Waals surface area contributed by atoms with Gasteiger partial charge in [0.05, 0.1) is 0 Å². The van der Waals surface area contributed by atoms with E-state index >= 15 is 0 Å². The summed E-state index contributed by atoms with van der Waals surface area (Å²) in [6, 6.07) is 0. The van der Waals surface area contributed by atoms with Gasteiger partial charge in [0.25, 0.3) is 0 Å². The van der Waals surface area contributed by atoms with E-state index in [9.17, 15) is 0 Å². The first-order valence-electron chi connectivity index (χ1n) is 4.98. The lowest BCUT2D eigenvalue weighted by Crippen LogP contribution is -2.25. The smallest absolute Gasteiger partial charge is 0.216 e. The molecule has 0 spiro atoms. The van der Waals surface area contributed by atoms with Gasteiger partial charge in [-0.2, -0.15) is 0 Å². The van der Waals surface area contributed by atoms with E-state index in [0.717, 1.165) is 13.0 Å². The van der Waals surface area contributed by atoms with Crippen molar-refractivity contribution < 1.29 is 4.43 Å². The van der Waals surface area contributed by atoms with Gasteiger partial charge in [0.2, 0.25) is 9.04 Å². The Balaban J connectivity index is 3.74. The second-order valence-electron chi connectivity index (χ2n) is 3.74. The normalized spacial score (nSPS) is 10.8. The minimum absolute atomic E-state index is 0.627. The maximum Gasteiger partial charge on any atom is 0.216 e. The molecule has 2 heteroatoms. The van der Waals surface area contributed by atoms with Gasteiger partial charge in [-0.05, 0) is 18.0 Å². The molecule has 0 heterocycles. The molecular weight excluding hydrogens is 176 g/mol. The van der Waals surface area contributed by atoms with E-state index in [-0.39, 0.29) is 0 Å². The lowest BCUT2D eigenvalue weighted by molar-refractivity contribution is 0.316. The van der Waals surface area contributed by atoms with Gasteiger partial charge in [-0.25, -0.2) is 0 Å². The summed E-state index contributed by atoms with van der Waals surface area (Å²) in [4.78, 5) is 0. The van der Waals surface area contributed by atoms with Gasteiger partial charge < -0.3 is 4.43 Å². The second-order valence-corrected chi connectivity index (χ2v) is 7.14. The van der Waals surface area contributed by atoms with Crippen molar-refractivity contribution in [2.45, 2.75) is 52.1 Å². The highest BCUT2D eigenvalue weighted by Crippen LogP contribution is 2.20. The predicted molar refractivity (Wildman–Crippen MR) is 60.0 cm³/mol. The number of rotatable bonds is 5. The highest BCUT2D eigenvalue weighted by atomic mass is 28.3. The van der Waals surface area contributed by atoms with Gasteiger partial charge in [0.1, 0.15) is 0 Å². The molecule has 0 aliphatic carbocycles. The first-order chi connectivity index (χ1) is 6.09. The largest absolute Gasteiger partial charge is 0.415 e. The summed E-state index contributed by atoms with van der Waals surface area (Å²) in [6.07, 6.45) is 0.879. The Bertz CT molecular complexity index is 168. The van der Waals surface area contributed by atoms with Crippen LogP contribution in [0.5, 0.6) is 0 Å². The van der Waals surface area contributed by atoms with E-state index in [0.29, 0.717) is 11.1 Å². The van der Waals surface area contributed by atoms with Crippen LogP contribution in [0.3, 0.4) is 0 Å². The molecule has 0 N–H and O–H groups in total. The molecule has 0 rings (SSSR count). The molecule has 1 nitrogen and oxygen atoms in total. The van der Waals surface area contributed by atoms with E-state index in [4.69, 9.17) is 4.43 Å². The van der Waals surface area contributed by atoms with Gasteiger partial charge in [-0.3, -0.25) is 0 Å². The van der Waals surface area contributed by atoms with Crippen molar-refractivity contribution in [2.75, 3.05) is 6.61 Å². The van der Waals surface area contributed by atoms with Crippen LogP contribution < -0.4 is 0 Å². The quantitative estimate of drug-likeness (QED) is 0.373. The SMILES string of the molecule is CC#CCCO[Si](C(C)C)C(C)C. The molecule has 0 aromatic heterocycles. The molecule has 0 aliphatic rings. The third kappa shape index (κ3) is 5.90. The van der Waals surface area contributed by atoms with Crippen LogP contribution in [-0.2, 0) is 4.43 Å². The average molecular weight is 197 g/mol. The Morgan fingerprint density at radius 3 is 2.08 bits per heavy atom. The van der Waals surface area contributed by atoms with Crippen LogP contribution in [0.1, 0.15) is 41.0 Å². The molecule has 0 amide bonds. The lowest BCUT2D eigenvalue weighted by atomic mass is 10.5. The maximum absolute atomic E-state index is 5.87. The van der Waals surface area contributed by atoms with Gasteiger partial charge in [0, 0.05) is 13.0 Å². The van der Waals surface area contributed by atoms with E-state index < -0.39 is 9.04 Å². The van der Waals surface area contributed by atoms with Gasteiger partial charge >= 0.3 is 0 Å². The maximum atomic E-state index is 5.87. The minimum atomic E-state index is -0.627. The van der Waals surface area contributed by atoms with Crippen molar-refractivity contribution in [3.05, 3.63) is 0 Å². The Labute approximate surface area is 84.6 Å². The summed E-state index contributed by atoms with van der Waals surface area (Å²) < 4.78 is 5.87. The summed E-state index contributed by atoms with van der Waals surface area (Å²) in [7, 11) is -0.627. The van der Waals surface area contributed by atoms with Gasteiger partial charge in [-0.1, -0.05) is 27.7 Å². The van der Waals surface area contributed by atoms with E-state index in [2.05, 4.69) is 39.5 Å². The first-order valence-corrected chi connectivity index (χ1v) is 6.55. The highest BCUT2D eigenvalue weighted by Gasteiger charge is 2.21. The van der Waals surface area contributed by atoms with E-state index in [1.54, 1.807) is 0 Å². The van der Waals surface area contributed by atoms with Crippen molar-refractivity contribution >= 4 is 9.04 Å². The third-order valence-electron chi connectivity index (χ3n) is 1.81. The van der Waals surface area contributed by atoms with E-state index in [1.165, 1.54) is 0 Å². The molecule has 0 saturated heterocycles. The molecule has 75 valence electrons. The summed E-state index contributed by atoms with van der Waals surface area (Å²) in [6.45, 7) is 11.7. The Morgan fingerprint density at radius 1 is 1.15 bits per heavy atom. The molecule has 0 atom stereocenters. The van der Waals surface area contributed by atoms with Crippen LogP contribution >= 0.6 is 0 Å². The van der Waals surface area contributed by atoms with Crippen molar-refractivity contribution in [2.24, 2.45) is 0 Å². The fourth-order valence-corrected chi connectivity index (χ4v) is 3.68. The standard InChI is InChI=1S/C11H21OSi/c1-6-7-8-9-12-13(10(2)3)11(4)5/h10-11H,8-9H2,1-5H3. The van der Waals surface area contributed by atoms with Crippen molar-refractivity contribution in [3.8, 4) is 11.8 Å². The van der Waals surface area contributed by atoms with Gasteiger partial charge in [-0.15, -0.1) is 11.8 Å². The zero-order valence-electron chi connectivity index (χ0n) is 9.48. The molecule has 1 radical (unpaired) electrons. The van der Waals surface area contributed by atoms with Crippen LogP contribution in [0.15, 0.2) is 0 Å². The predicted octanol–water partition coefficient (Wildman–Crippen LogP) is 3.23. The zero-order chi connectivity index (χ0) is 10.3. The second kappa shape index (κ2) is 7.17. The summed E-state index contributed by atoms with van der Waals surface area (Å²) >= 11 is 0. The van der Waals surface area contributed by atoms with Crippen molar-refractivity contribution in [1.82, 2.24) is 0 Å². The van der Waals surface area contributed by atoms with Gasteiger partial charge in [0.15, 0.2) is 0 Å². The molecule has 0 aliphatic heterocycles. The fraction of sp³-hybridized carbons (Fsp3) is 0.818. The topological polar surface area (TPSA) is 9.23 Å². The minimum Gasteiger partial charge on any atom is -0.415 e. The molecule has 13 heavy (non-hydrogen) atoms. The molecule has 0 aromatic rings. The summed E-state index contributed by atoms with van der Waals surface area (Å²) in [5.41, 5.74) is 1.39. The summed E-state index contributed by atoms with van der Waals surface area (Å²) in [5.74, 6) is 5.90. The molecule has 0 aromatic carbocycles. The highest BCUT2D eigenvalue weighted by molar-refractivity contribution is 6.54. The van der Waals surface area contributed by atoms with Crippen LogP contribution in [-0.4, -0.2) is 15.6 Å². The molecular formula is C11H21OSi. The molecule has 0 unspecified atom stereocenters. The summed E-state index contributed by atoms with van der Waals surface area (Å²) in [5, 5.41) is 0. The van der Waals surface area contributed by atoms with E-state index in [1.807, 2.05) is 6.92 Å². The van der Waals surface area contributed by atoms with Crippen LogP contribution in [0.2, 0.25) is 11.1 Å². The third-order valence-corrected chi connectivity index (χ3v) is 4.62. The first kappa shape index (κ1) is 12.7. The van der Waals surface area contributed by atoms with Crippen LogP contribution in [0.4, 0.5) is 0 Å². The molecule has 0 saturated carbocycles. The zero-order valence-corrected chi connectivity index (χ0v) is 10.5. The van der Waals surface area contributed by atoms with Crippen LogP contribution in [0, 0.1) is 11.8 Å². The Kier molecular flexibility index (Phi) is 7.03. The Hall–Kier alpha value is -0.263. The fourth-order valence-electron chi connectivity index (χ4n) is 1.34. The Morgan fingerprint density at radius 2 is 1.69 bits per heavy atom. The number of hydrogen-bond acceptors (Lipinski definition) is 1. The molecule has 0 fully saturated rings.